The number of aromatic nitrogens is 1. The van der Waals surface area contributed by atoms with E-state index in [-0.39, 0.29) is 12.0 Å². The molecular weight excluding hydrogens is 256 g/mol. The summed E-state index contributed by atoms with van der Waals surface area (Å²) in [6.45, 7) is 2.75. The quantitative estimate of drug-likeness (QED) is 0.372. The molecule has 0 saturated carbocycles. The van der Waals surface area contributed by atoms with Gasteiger partial charge in [0.1, 0.15) is 0 Å². The lowest BCUT2D eigenvalue weighted by atomic mass is 10.1. The number of nitrogens with zero attached hydrogens (tertiary/aromatic N) is 4. The van der Waals surface area contributed by atoms with Crippen molar-refractivity contribution in [2.45, 2.75) is 25.9 Å². The van der Waals surface area contributed by atoms with Crippen LogP contribution < -0.4 is 0 Å². The van der Waals surface area contributed by atoms with E-state index in [2.05, 4.69) is 14.6 Å². The van der Waals surface area contributed by atoms with Crippen LogP contribution in [-0.4, -0.2) is 23.2 Å². The van der Waals surface area contributed by atoms with Gasteiger partial charge in [-0.2, -0.15) is 0 Å². The van der Waals surface area contributed by atoms with Crippen LogP contribution in [0.15, 0.2) is 29.4 Å². The molecule has 0 saturated heterocycles. The lowest BCUT2D eigenvalue weighted by Gasteiger charge is -2.03. The predicted octanol–water partition coefficient (Wildman–Crippen LogP) is 3.05. The molecule has 102 valence electrons. The first-order valence-electron chi connectivity index (χ1n) is 6.57. The molecule has 3 rings (SSSR count). The summed E-state index contributed by atoms with van der Waals surface area (Å²) in [6, 6.07) is 7.61. The Morgan fingerprint density at radius 2 is 2.35 bits per heavy atom. The van der Waals surface area contributed by atoms with Gasteiger partial charge in [0.25, 0.3) is 0 Å². The highest BCUT2D eigenvalue weighted by Gasteiger charge is 2.30. The van der Waals surface area contributed by atoms with Crippen LogP contribution in [0.3, 0.4) is 0 Å². The van der Waals surface area contributed by atoms with Crippen LogP contribution in [0.1, 0.15) is 23.0 Å². The van der Waals surface area contributed by atoms with Crippen LogP contribution in [0.25, 0.3) is 21.3 Å². The minimum absolute atomic E-state index is 0.132. The second kappa shape index (κ2) is 4.90. The largest absolute Gasteiger partial charge is 0.462 e. The molecule has 0 fully saturated rings. The summed E-state index contributed by atoms with van der Waals surface area (Å²) in [7, 11) is 0. The van der Waals surface area contributed by atoms with E-state index in [9.17, 15) is 4.79 Å². The summed E-state index contributed by atoms with van der Waals surface area (Å²) >= 11 is 0. The van der Waals surface area contributed by atoms with Gasteiger partial charge in [0.15, 0.2) is 0 Å². The zero-order chi connectivity index (χ0) is 14.1. The average Bonchev–Trinajstić information content (AvgIpc) is 2.95. The monoisotopic (exact) mass is 270 g/mol. The Morgan fingerprint density at radius 3 is 3.10 bits per heavy atom. The number of fused-ring (bicyclic) bond motifs is 3. The maximum Gasteiger partial charge on any atom is 0.340 e. The third-order valence-corrected chi connectivity index (χ3v) is 3.60. The second-order valence-electron chi connectivity index (χ2n) is 4.73. The standard InChI is InChI=1S/C14H14N4O2/c1-2-20-14(19)13-10-5-3-4-6-11(10)18-8-9(16-17-15)7-12(13)18/h3-6,9H,2,7-8H2,1H3. The zero-order valence-corrected chi connectivity index (χ0v) is 11.1. The van der Waals surface area contributed by atoms with Gasteiger partial charge in [0, 0.05) is 28.1 Å². The van der Waals surface area contributed by atoms with Gasteiger partial charge in [-0.25, -0.2) is 4.79 Å². The summed E-state index contributed by atoms with van der Waals surface area (Å²) in [4.78, 5) is 15.1. The van der Waals surface area contributed by atoms with E-state index < -0.39 is 0 Å². The molecule has 6 heteroatoms. The Hall–Kier alpha value is -2.46. The summed E-state index contributed by atoms with van der Waals surface area (Å²) in [6.07, 6.45) is 0.576. The van der Waals surface area contributed by atoms with Crippen molar-refractivity contribution in [3.05, 3.63) is 46.0 Å². The van der Waals surface area contributed by atoms with Crippen molar-refractivity contribution in [2.75, 3.05) is 6.61 Å². The van der Waals surface area contributed by atoms with Gasteiger partial charge in [0.2, 0.25) is 0 Å². The molecule has 1 aromatic carbocycles. The van der Waals surface area contributed by atoms with Gasteiger partial charge in [-0.05, 0) is 24.9 Å². The summed E-state index contributed by atoms with van der Waals surface area (Å²) in [5.41, 5.74) is 11.1. The van der Waals surface area contributed by atoms with E-state index >= 15 is 0 Å². The van der Waals surface area contributed by atoms with Gasteiger partial charge in [-0.15, -0.1) is 0 Å². The van der Waals surface area contributed by atoms with Crippen LogP contribution in [0.2, 0.25) is 0 Å². The zero-order valence-electron chi connectivity index (χ0n) is 11.1. The third-order valence-electron chi connectivity index (χ3n) is 3.60. The Morgan fingerprint density at radius 1 is 1.55 bits per heavy atom. The first kappa shape index (κ1) is 12.6. The van der Waals surface area contributed by atoms with Crippen LogP contribution >= 0.6 is 0 Å². The van der Waals surface area contributed by atoms with Gasteiger partial charge < -0.3 is 9.30 Å². The number of azide groups is 1. The highest BCUT2D eigenvalue weighted by molar-refractivity contribution is 6.06. The maximum atomic E-state index is 12.2. The van der Waals surface area contributed by atoms with Crippen molar-refractivity contribution < 1.29 is 9.53 Å². The van der Waals surface area contributed by atoms with Gasteiger partial charge in [0.05, 0.1) is 18.2 Å². The van der Waals surface area contributed by atoms with Gasteiger partial charge in [-0.3, -0.25) is 0 Å². The van der Waals surface area contributed by atoms with Gasteiger partial charge in [-0.1, -0.05) is 23.3 Å². The van der Waals surface area contributed by atoms with Crippen LogP contribution in [0.4, 0.5) is 0 Å². The molecule has 2 aromatic rings. The second-order valence-corrected chi connectivity index (χ2v) is 4.73. The number of carbonyl (C=O) groups is 1. The number of hydrogen-bond acceptors (Lipinski definition) is 3. The Kier molecular flexibility index (Phi) is 3.08. The van der Waals surface area contributed by atoms with Crippen molar-refractivity contribution in [3.63, 3.8) is 0 Å². The third kappa shape index (κ3) is 1.82. The fourth-order valence-electron chi connectivity index (χ4n) is 2.86. The lowest BCUT2D eigenvalue weighted by Crippen LogP contribution is -2.08. The van der Waals surface area contributed by atoms with Crippen LogP contribution in [-0.2, 0) is 17.7 Å². The fraction of sp³-hybridized carbons (Fsp3) is 0.357. The fourth-order valence-corrected chi connectivity index (χ4v) is 2.86. The van der Waals surface area contributed by atoms with E-state index in [1.807, 2.05) is 24.3 Å². The van der Waals surface area contributed by atoms with Crippen molar-refractivity contribution in [3.8, 4) is 0 Å². The number of rotatable bonds is 3. The molecule has 0 radical (unpaired) electrons. The normalized spacial score (nSPS) is 16.8. The molecule has 0 N–H and O–H groups in total. The van der Waals surface area contributed by atoms with Crippen molar-refractivity contribution in [1.82, 2.24) is 4.57 Å². The highest BCUT2D eigenvalue weighted by atomic mass is 16.5. The van der Waals surface area contributed by atoms with E-state index in [1.54, 1.807) is 6.92 Å². The first-order valence-corrected chi connectivity index (χ1v) is 6.57. The lowest BCUT2D eigenvalue weighted by molar-refractivity contribution is 0.0527. The van der Waals surface area contributed by atoms with Crippen molar-refractivity contribution >= 4 is 16.9 Å². The average molecular weight is 270 g/mol. The predicted molar refractivity (Wildman–Crippen MR) is 74.5 cm³/mol. The smallest absolute Gasteiger partial charge is 0.340 e. The molecule has 6 nitrogen and oxygen atoms in total. The maximum absolute atomic E-state index is 12.2. The highest BCUT2D eigenvalue weighted by Crippen LogP contribution is 2.33. The van der Waals surface area contributed by atoms with E-state index in [1.165, 1.54) is 0 Å². The Bertz CT molecular complexity index is 728. The minimum Gasteiger partial charge on any atom is -0.462 e. The van der Waals surface area contributed by atoms with E-state index in [4.69, 9.17) is 10.3 Å². The van der Waals surface area contributed by atoms with Crippen molar-refractivity contribution in [2.24, 2.45) is 5.11 Å². The van der Waals surface area contributed by atoms with Gasteiger partial charge >= 0.3 is 5.97 Å². The van der Waals surface area contributed by atoms with Crippen molar-refractivity contribution in [1.29, 1.82) is 0 Å². The summed E-state index contributed by atoms with van der Waals surface area (Å²) < 4.78 is 7.22. The molecule has 0 spiro atoms. The Labute approximate surface area is 115 Å². The molecule has 0 amide bonds. The molecular formula is C14H14N4O2. The number of para-hydroxylation sites is 1. The molecule has 0 bridgehead atoms. The molecule has 2 heterocycles. The molecule has 1 aromatic heterocycles. The summed E-state index contributed by atoms with van der Waals surface area (Å²) in [5.74, 6) is -0.306. The number of ether oxygens (including phenoxy) is 1. The van der Waals surface area contributed by atoms with E-state index in [0.29, 0.717) is 25.1 Å². The molecule has 1 unspecified atom stereocenters. The first-order chi connectivity index (χ1) is 9.76. The minimum atomic E-state index is -0.306. The topological polar surface area (TPSA) is 80.0 Å². The molecule has 1 atom stereocenters. The number of benzene rings is 1. The molecule has 1 aliphatic heterocycles. The van der Waals surface area contributed by atoms with Crippen LogP contribution in [0, 0.1) is 0 Å². The van der Waals surface area contributed by atoms with E-state index in [0.717, 1.165) is 16.6 Å². The number of hydrogen-bond donors (Lipinski definition) is 0. The Balaban J connectivity index is 2.17. The number of carbonyl (C=O) groups excluding carboxylic acids is 1. The number of esters is 1. The SMILES string of the molecule is CCOC(=O)c1c2n(c3ccccc13)CC(N=[N+]=[N-])C2. The molecule has 20 heavy (non-hydrogen) atoms. The molecule has 1 aliphatic rings. The van der Waals surface area contributed by atoms with Crippen LogP contribution in [0.5, 0.6) is 0 Å². The summed E-state index contributed by atoms with van der Waals surface area (Å²) in [5, 5.41) is 4.67. The molecule has 0 aliphatic carbocycles.